The number of aliphatic hydroxyl groups excluding tert-OH is 1. The number of aliphatic hydroxyl groups is 1. The zero-order valence-electron chi connectivity index (χ0n) is 12.2. The number of fused-ring (bicyclic) bond motifs is 2. The van der Waals surface area contributed by atoms with Crippen LogP contribution in [0, 0.1) is 0 Å². The minimum atomic E-state index is -0.142. The molecule has 2 heterocycles. The first kappa shape index (κ1) is 13.6. The summed E-state index contributed by atoms with van der Waals surface area (Å²) in [7, 11) is 0. The van der Waals surface area contributed by atoms with Gasteiger partial charge >= 0.3 is 0 Å². The number of rotatable bonds is 3. The predicted molar refractivity (Wildman–Crippen MR) is 81.1 cm³/mol. The van der Waals surface area contributed by atoms with Crippen LogP contribution in [0.5, 0.6) is 5.75 Å². The molecule has 0 saturated carbocycles. The second-order valence-electron chi connectivity index (χ2n) is 6.34. The topological polar surface area (TPSA) is 58.7 Å². The number of ether oxygens (including phenoxy) is 1. The van der Waals surface area contributed by atoms with Gasteiger partial charge in [-0.3, -0.25) is 0 Å². The Morgan fingerprint density at radius 1 is 1.20 bits per heavy atom. The van der Waals surface area contributed by atoms with Crippen LogP contribution in [0.2, 0.25) is 0 Å². The quantitative estimate of drug-likeness (QED) is 0.833. The smallest absolute Gasteiger partial charge is 0.123 e. The van der Waals surface area contributed by atoms with Crippen LogP contribution in [0.4, 0.5) is 11.4 Å². The number of anilines is 2. The molecule has 0 spiro atoms. The van der Waals surface area contributed by atoms with Crippen molar-refractivity contribution < 1.29 is 9.84 Å². The molecule has 1 aromatic carbocycles. The second kappa shape index (κ2) is 5.17. The van der Waals surface area contributed by atoms with Crippen molar-refractivity contribution in [2.45, 2.75) is 63.8 Å². The van der Waals surface area contributed by atoms with Crippen LogP contribution in [0.15, 0.2) is 18.2 Å². The van der Waals surface area contributed by atoms with Crippen molar-refractivity contribution in [1.82, 2.24) is 0 Å². The fraction of sp³-hybridized carbons (Fsp3) is 0.625. The lowest BCUT2D eigenvalue weighted by molar-refractivity contribution is 0.126. The minimum absolute atomic E-state index is 0.142. The SMILES string of the molecule is CC(C)Oc1cc(N)cc(N2C3CCC2CC(O)C3)c1. The Hall–Kier alpha value is -1.42. The monoisotopic (exact) mass is 276 g/mol. The van der Waals surface area contributed by atoms with Crippen LogP contribution < -0.4 is 15.4 Å². The van der Waals surface area contributed by atoms with E-state index in [2.05, 4.69) is 11.0 Å². The molecule has 3 rings (SSSR count). The van der Waals surface area contributed by atoms with E-state index in [1.165, 1.54) is 0 Å². The molecule has 0 amide bonds. The van der Waals surface area contributed by atoms with E-state index in [9.17, 15) is 5.11 Å². The molecule has 110 valence electrons. The number of piperidine rings is 1. The molecule has 4 nitrogen and oxygen atoms in total. The van der Waals surface area contributed by atoms with Crippen molar-refractivity contribution in [2.75, 3.05) is 10.6 Å². The van der Waals surface area contributed by atoms with Crippen LogP contribution in [-0.2, 0) is 0 Å². The summed E-state index contributed by atoms with van der Waals surface area (Å²) in [6.45, 7) is 4.04. The number of benzene rings is 1. The van der Waals surface area contributed by atoms with Crippen molar-refractivity contribution in [3.63, 3.8) is 0 Å². The zero-order chi connectivity index (χ0) is 14.3. The average Bonchev–Trinajstić information content (AvgIpc) is 2.60. The summed E-state index contributed by atoms with van der Waals surface area (Å²) in [6, 6.07) is 6.87. The van der Waals surface area contributed by atoms with Crippen LogP contribution in [0.1, 0.15) is 39.5 Å². The molecule has 3 N–H and O–H groups in total. The van der Waals surface area contributed by atoms with Gasteiger partial charge in [0.25, 0.3) is 0 Å². The molecule has 1 aromatic rings. The Balaban J connectivity index is 1.88. The zero-order valence-corrected chi connectivity index (χ0v) is 12.2. The van der Waals surface area contributed by atoms with Crippen LogP contribution in [-0.4, -0.2) is 29.4 Å². The third kappa shape index (κ3) is 2.57. The Bertz CT molecular complexity index is 475. The molecule has 2 fully saturated rings. The van der Waals surface area contributed by atoms with Crippen LogP contribution in [0.25, 0.3) is 0 Å². The van der Waals surface area contributed by atoms with Gasteiger partial charge in [0.2, 0.25) is 0 Å². The maximum absolute atomic E-state index is 9.91. The molecule has 2 bridgehead atoms. The molecule has 0 aromatic heterocycles. The van der Waals surface area contributed by atoms with E-state index in [1.54, 1.807) is 0 Å². The first-order valence-electron chi connectivity index (χ1n) is 7.56. The van der Waals surface area contributed by atoms with Crippen LogP contribution >= 0.6 is 0 Å². The van der Waals surface area contributed by atoms with E-state index in [1.807, 2.05) is 26.0 Å². The standard InChI is InChI=1S/C16H24N2O2/c1-10(2)20-16-6-11(17)5-14(9-16)18-12-3-4-13(18)8-15(19)7-12/h5-6,9-10,12-13,15,19H,3-4,7-8,17H2,1-2H3. The molecule has 0 radical (unpaired) electrons. The second-order valence-corrected chi connectivity index (χ2v) is 6.34. The van der Waals surface area contributed by atoms with Gasteiger partial charge < -0.3 is 20.5 Å². The van der Waals surface area contributed by atoms with Gasteiger partial charge in [0.15, 0.2) is 0 Å². The lowest BCUT2D eigenvalue weighted by atomic mass is 9.99. The first-order valence-corrected chi connectivity index (χ1v) is 7.56. The predicted octanol–water partition coefficient (Wildman–Crippen LogP) is 2.55. The summed E-state index contributed by atoms with van der Waals surface area (Å²) >= 11 is 0. The van der Waals surface area contributed by atoms with Gasteiger partial charge in [0, 0.05) is 35.6 Å². The number of nitrogens with two attached hydrogens (primary N) is 1. The summed E-state index contributed by atoms with van der Waals surface area (Å²) < 4.78 is 5.78. The molecule has 4 heteroatoms. The maximum atomic E-state index is 9.91. The third-order valence-electron chi connectivity index (χ3n) is 4.29. The van der Waals surface area contributed by atoms with Crippen molar-refractivity contribution in [3.8, 4) is 5.75 Å². The third-order valence-corrected chi connectivity index (χ3v) is 4.29. The highest BCUT2D eigenvalue weighted by Gasteiger charge is 2.40. The van der Waals surface area contributed by atoms with Gasteiger partial charge in [-0.1, -0.05) is 0 Å². The summed E-state index contributed by atoms with van der Waals surface area (Å²) in [5.74, 6) is 0.834. The molecular weight excluding hydrogens is 252 g/mol. The molecular formula is C16H24N2O2. The van der Waals surface area contributed by atoms with E-state index in [4.69, 9.17) is 10.5 Å². The number of hydrogen-bond donors (Lipinski definition) is 2. The van der Waals surface area contributed by atoms with Gasteiger partial charge in [-0.15, -0.1) is 0 Å². The van der Waals surface area contributed by atoms with E-state index < -0.39 is 0 Å². The van der Waals surface area contributed by atoms with Gasteiger partial charge in [-0.05, 0) is 45.6 Å². The largest absolute Gasteiger partial charge is 0.491 e. The molecule has 2 atom stereocenters. The van der Waals surface area contributed by atoms with Crippen molar-refractivity contribution in [3.05, 3.63) is 18.2 Å². The Kier molecular flexibility index (Phi) is 3.50. The molecule has 20 heavy (non-hydrogen) atoms. The summed E-state index contributed by atoms with van der Waals surface area (Å²) in [4.78, 5) is 2.44. The summed E-state index contributed by atoms with van der Waals surface area (Å²) in [6.07, 6.45) is 4.06. The Morgan fingerprint density at radius 2 is 1.85 bits per heavy atom. The van der Waals surface area contributed by atoms with Gasteiger partial charge in [-0.2, -0.15) is 0 Å². The number of nitrogens with zero attached hydrogens (tertiary/aromatic N) is 1. The first-order chi connectivity index (χ1) is 9.52. The lowest BCUT2D eigenvalue weighted by Gasteiger charge is -2.39. The highest BCUT2D eigenvalue weighted by molar-refractivity contribution is 5.62. The fourth-order valence-corrected chi connectivity index (χ4v) is 3.66. The van der Waals surface area contributed by atoms with Crippen molar-refractivity contribution in [1.29, 1.82) is 0 Å². The maximum Gasteiger partial charge on any atom is 0.123 e. The van der Waals surface area contributed by atoms with Gasteiger partial charge in [-0.25, -0.2) is 0 Å². The highest BCUT2D eigenvalue weighted by atomic mass is 16.5. The van der Waals surface area contributed by atoms with Gasteiger partial charge in [0.1, 0.15) is 5.75 Å². The molecule has 2 saturated heterocycles. The van der Waals surface area contributed by atoms with Crippen molar-refractivity contribution in [2.24, 2.45) is 0 Å². The van der Waals surface area contributed by atoms with E-state index in [0.29, 0.717) is 12.1 Å². The minimum Gasteiger partial charge on any atom is -0.491 e. The number of nitrogen functional groups attached to an aromatic ring is 1. The molecule has 2 aliphatic rings. The average molecular weight is 276 g/mol. The molecule has 2 unspecified atom stereocenters. The number of hydrogen-bond acceptors (Lipinski definition) is 4. The van der Waals surface area contributed by atoms with Gasteiger partial charge in [0.05, 0.1) is 12.2 Å². The van der Waals surface area contributed by atoms with E-state index >= 15 is 0 Å². The molecule has 0 aliphatic carbocycles. The van der Waals surface area contributed by atoms with Crippen molar-refractivity contribution >= 4 is 11.4 Å². The van der Waals surface area contributed by atoms with Crippen LogP contribution in [0.3, 0.4) is 0 Å². The Labute approximate surface area is 120 Å². The van der Waals surface area contributed by atoms with E-state index in [-0.39, 0.29) is 12.2 Å². The molecule has 2 aliphatic heterocycles. The summed E-state index contributed by atoms with van der Waals surface area (Å²) in [5, 5.41) is 9.91. The van der Waals surface area contributed by atoms with E-state index in [0.717, 1.165) is 42.8 Å². The highest BCUT2D eigenvalue weighted by Crippen LogP contribution is 2.41. The normalized spacial score (nSPS) is 29.0. The lowest BCUT2D eigenvalue weighted by Crippen LogP contribution is -2.44. The fourth-order valence-electron chi connectivity index (χ4n) is 3.66. The summed E-state index contributed by atoms with van der Waals surface area (Å²) in [5.41, 5.74) is 7.90. The Morgan fingerprint density at radius 3 is 2.45 bits per heavy atom.